The van der Waals surface area contributed by atoms with Crippen molar-refractivity contribution in [3.05, 3.63) is 75.9 Å². The van der Waals surface area contributed by atoms with Crippen molar-refractivity contribution in [3.63, 3.8) is 0 Å². The highest BCUT2D eigenvalue weighted by Crippen LogP contribution is 2.29. The predicted molar refractivity (Wildman–Crippen MR) is 119 cm³/mol. The molecule has 1 heterocycles. The lowest BCUT2D eigenvalue weighted by Crippen LogP contribution is -2.16. The number of sulfonamides is 1. The maximum absolute atomic E-state index is 13.3. The Kier molecular flexibility index (Phi) is 6.54. The van der Waals surface area contributed by atoms with Crippen molar-refractivity contribution < 1.29 is 22.4 Å². The molecule has 3 aromatic rings. The van der Waals surface area contributed by atoms with Crippen molar-refractivity contribution in [3.8, 4) is 0 Å². The Hall–Kier alpha value is -3.08. The lowest BCUT2D eigenvalue weighted by Gasteiger charge is -2.10. The van der Waals surface area contributed by atoms with Crippen LogP contribution < -0.4 is 15.8 Å². The number of aryl methyl sites for hydroxylation is 2. The zero-order chi connectivity index (χ0) is 22.8. The van der Waals surface area contributed by atoms with Gasteiger partial charge in [0, 0.05) is 11.3 Å². The minimum absolute atomic E-state index is 0.0428. The summed E-state index contributed by atoms with van der Waals surface area (Å²) in [4.78, 5) is 25.3. The van der Waals surface area contributed by atoms with E-state index in [1.165, 1.54) is 24.3 Å². The van der Waals surface area contributed by atoms with Gasteiger partial charge in [0.15, 0.2) is 0 Å². The molecule has 1 aromatic heterocycles. The maximum atomic E-state index is 13.3. The summed E-state index contributed by atoms with van der Waals surface area (Å²) in [6.45, 7) is 3.51. The van der Waals surface area contributed by atoms with E-state index in [2.05, 4.69) is 10.6 Å². The van der Waals surface area contributed by atoms with Gasteiger partial charge in [-0.15, -0.1) is 11.3 Å². The quantitative estimate of drug-likeness (QED) is 0.516. The van der Waals surface area contributed by atoms with Gasteiger partial charge >= 0.3 is 0 Å². The number of benzene rings is 2. The average Bonchev–Trinajstić information content (AvgIpc) is 3.07. The molecule has 0 saturated carbocycles. The SMILES string of the molecule is CCc1ccc(NC(=O)c2sc(NC(=O)c3cccc(F)c3)cc2C)cc1S(N)(=O)=O. The van der Waals surface area contributed by atoms with E-state index in [4.69, 9.17) is 5.14 Å². The first-order chi connectivity index (χ1) is 14.6. The van der Waals surface area contributed by atoms with Gasteiger partial charge in [0.2, 0.25) is 10.0 Å². The maximum Gasteiger partial charge on any atom is 0.266 e. The first-order valence-corrected chi connectivity index (χ1v) is 11.6. The van der Waals surface area contributed by atoms with Gasteiger partial charge in [0.1, 0.15) is 5.82 Å². The number of hydrogen-bond acceptors (Lipinski definition) is 5. The summed E-state index contributed by atoms with van der Waals surface area (Å²) in [5.41, 5.74) is 1.61. The first-order valence-electron chi connectivity index (χ1n) is 9.23. The highest BCUT2D eigenvalue weighted by Gasteiger charge is 2.18. The molecule has 0 fully saturated rings. The minimum Gasteiger partial charge on any atom is -0.321 e. The monoisotopic (exact) mass is 461 g/mol. The largest absolute Gasteiger partial charge is 0.321 e. The number of nitrogens with two attached hydrogens (primary N) is 1. The number of thiophene rings is 1. The van der Waals surface area contributed by atoms with Crippen LogP contribution in [-0.4, -0.2) is 20.2 Å². The fourth-order valence-electron chi connectivity index (χ4n) is 2.96. The van der Waals surface area contributed by atoms with Gasteiger partial charge in [-0.25, -0.2) is 17.9 Å². The molecule has 0 aliphatic rings. The van der Waals surface area contributed by atoms with E-state index in [9.17, 15) is 22.4 Å². The fourth-order valence-corrected chi connectivity index (χ4v) is 4.79. The number of primary sulfonamides is 1. The summed E-state index contributed by atoms with van der Waals surface area (Å²) in [7, 11) is -3.94. The molecule has 3 rings (SSSR count). The van der Waals surface area contributed by atoms with Gasteiger partial charge in [0.05, 0.1) is 14.8 Å². The molecule has 31 heavy (non-hydrogen) atoms. The van der Waals surface area contributed by atoms with Crippen LogP contribution in [0.2, 0.25) is 0 Å². The molecule has 4 N–H and O–H groups in total. The van der Waals surface area contributed by atoms with Crippen molar-refractivity contribution in [2.45, 2.75) is 25.2 Å². The molecule has 0 spiro atoms. The highest BCUT2D eigenvalue weighted by atomic mass is 32.2. The van der Waals surface area contributed by atoms with Crippen LogP contribution >= 0.6 is 11.3 Å². The van der Waals surface area contributed by atoms with Crippen LogP contribution in [0.5, 0.6) is 0 Å². The Morgan fingerprint density at radius 1 is 1.06 bits per heavy atom. The second kappa shape index (κ2) is 8.96. The van der Waals surface area contributed by atoms with Crippen LogP contribution in [0.15, 0.2) is 53.4 Å². The Labute approximate surface area is 183 Å². The highest BCUT2D eigenvalue weighted by molar-refractivity contribution is 7.89. The van der Waals surface area contributed by atoms with Gasteiger partial charge in [-0.2, -0.15) is 0 Å². The number of carbonyl (C=O) groups excluding carboxylic acids is 2. The Morgan fingerprint density at radius 3 is 2.45 bits per heavy atom. The van der Waals surface area contributed by atoms with Gasteiger partial charge in [-0.05, 0) is 60.9 Å². The van der Waals surface area contributed by atoms with Crippen LogP contribution in [0.3, 0.4) is 0 Å². The number of rotatable bonds is 6. The third-order valence-electron chi connectivity index (χ3n) is 4.46. The lowest BCUT2D eigenvalue weighted by atomic mass is 10.1. The van der Waals surface area contributed by atoms with E-state index in [1.807, 2.05) is 0 Å². The molecular formula is C21H20FN3O4S2. The van der Waals surface area contributed by atoms with Gasteiger partial charge in [0.25, 0.3) is 11.8 Å². The second-order valence-electron chi connectivity index (χ2n) is 6.76. The van der Waals surface area contributed by atoms with E-state index in [0.29, 0.717) is 27.4 Å². The predicted octanol–water partition coefficient (Wildman–Crippen LogP) is 3.91. The van der Waals surface area contributed by atoms with Gasteiger partial charge in [-0.3, -0.25) is 9.59 Å². The third-order valence-corrected chi connectivity index (χ3v) is 6.60. The van der Waals surface area contributed by atoms with Crippen molar-refractivity contribution >= 4 is 43.9 Å². The number of hydrogen-bond donors (Lipinski definition) is 3. The summed E-state index contributed by atoms with van der Waals surface area (Å²) >= 11 is 1.05. The standard InChI is InChI=1S/C21H20FN3O4S2/c1-3-13-7-8-16(11-17(13)31(23,28)29)24-21(27)19-12(2)9-18(30-19)25-20(26)14-5-4-6-15(22)10-14/h4-11H,3H2,1-2H3,(H,24,27)(H,25,26)(H2,23,28,29). The van der Waals surface area contributed by atoms with Crippen molar-refractivity contribution in [2.24, 2.45) is 5.14 Å². The minimum atomic E-state index is -3.94. The summed E-state index contributed by atoms with van der Waals surface area (Å²) in [5.74, 6) is -1.48. The number of carbonyl (C=O) groups is 2. The van der Waals surface area contributed by atoms with Crippen LogP contribution in [0.25, 0.3) is 0 Å². The van der Waals surface area contributed by atoms with E-state index < -0.39 is 27.7 Å². The Balaban J connectivity index is 1.79. The molecule has 0 unspecified atom stereocenters. The number of amides is 2. The average molecular weight is 462 g/mol. The van der Waals surface area contributed by atoms with Gasteiger partial charge < -0.3 is 10.6 Å². The molecule has 0 aliphatic carbocycles. The van der Waals surface area contributed by atoms with Crippen LogP contribution in [0.1, 0.15) is 38.1 Å². The molecule has 0 radical (unpaired) electrons. The molecule has 0 bridgehead atoms. The summed E-state index contributed by atoms with van der Waals surface area (Å²) in [6, 6.07) is 11.4. The summed E-state index contributed by atoms with van der Waals surface area (Å²) in [5, 5.41) is 11.0. The zero-order valence-corrected chi connectivity index (χ0v) is 18.4. The molecule has 2 amide bonds. The molecular weight excluding hydrogens is 441 g/mol. The molecule has 162 valence electrons. The number of anilines is 2. The second-order valence-corrected chi connectivity index (χ2v) is 9.34. The molecule has 0 aliphatic heterocycles. The summed E-state index contributed by atoms with van der Waals surface area (Å²) < 4.78 is 37.0. The summed E-state index contributed by atoms with van der Waals surface area (Å²) in [6.07, 6.45) is 0.471. The van der Waals surface area contributed by atoms with Crippen molar-refractivity contribution in [1.82, 2.24) is 0 Å². The molecule has 0 saturated heterocycles. The van der Waals surface area contributed by atoms with Crippen LogP contribution in [0, 0.1) is 12.7 Å². The van der Waals surface area contributed by atoms with Crippen molar-refractivity contribution in [1.29, 1.82) is 0 Å². The number of halogens is 1. The Bertz CT molecular complexity index is 1270. The van der Waals surface area contributed by atoms with Gasteiger partial charge in [-0.1, -0.05) is 19.1 Å². The van der Waals surface area contributed by atoms with E-state index in [-0.39, 0.29) is 16.1 Å². The lowest BCUT2D eigenvalue weighted by molar-refractivity contribution is 0.101. The van der Waals surface area contributed by atoms with Crippen LogP contribution in [0.4, 0.5) is 15.1 Å². The fraction of sp³-hybridized carbons (Fsp3) is 0.143. The first kappa shape index (κ1) is 22.6. The third kappa shape index (κ3) is 5.35. The van der Waals surface area contributed by atoms with E-state index in [0.717, 1.165) is 17.4 Å². The topological polar surface area (TPSA) is 118 Å². The Morgan fingerprint density at radius 2 is 1.81 bits per heavy atom. The normalized spacial score (nSPS) is 11.2. The molecule has 0 atom stereocenters. The van der Waals surface area contributed by atoms with Crippen LogP contribution in [-0.2, 0) is 16.4 Å². The molecule has 7 nitrogen and oxygen atoms in total. The van der Waals surface area contributed by atoms with E-state index >= 15 is 0 Å². The molecule has 10 heteroatoms. The molecule has 2 aromatic carbocycles. The smallest absolute Gasteiger partial charge is 0.266 e. The zero-order valence-electron chi connectivity index (χ0n) is 16.7. The van der Waals surface area contributed by atoms with Crippen molar-refractivity contribution in [2.75, 3.05) is 10.6 Å². The van der Waals surface area contributed by atoms with E-state index in [1.54, 1.807) is 32.0 Å². The number of nitrogens with one attached hydrogen (secondary N) is 2.